The second-order valence-electron chi connectivity index (χ2n) is 6.37. The number of allylic oxidation sites excluding steroid dienone is 3. The first-order valence-electron chi connectivity index (χ1n) is 8.60. The number of fused-ring (bicyclic) bond motifs is 1. The van der Waals surface area contributed by atoms with Gasteiger partial charge in [-0.25, -0.2) is 0 Å². The predicted octanol–water partition coefficient (Wildman–Crippen LogP) is 3.59. The SMILES string of the molecule is COc1cc([C@@H](CC=C(C)C)OC(C)=O)c(OC)c2c1/C(=N/O)C=C/C2=N\O. The largest absolute Gasteiger partial charge is 0.496 e. The van der Waals surface area contributed by atoms with E-state index < -0.39 is 12.1 Å². The van der Waals surface area contributed by atoms with E-state index in [-0.39, 0.29) is 11.4 Å². The van der Waals surface area contributed by atoms with Crippen molar-refractivity contribution in [3.63, 3.8) is 0 Å². The zero-order valence-corrected chi connectivity index (χ0v) is 16.5. The molecular formula is C20H24N2O6. The zero-order chi connectivity index (χ0) is 20.8. The monoisotopic (exact) mass is 388 g/mol. The highest BCUT2D eigenvalue weighted by Gasteiger charge is 2.31. The van der Waals surface area contributed by atoms with E-state index in [2.05, 4.69) is 10.3 Å². The Kier molecular flexibility index (Phi) is 6.81. The topological polar surface area (TPSA) is 110 Å². The highest BCUT2D eigenvalue weighted by Crippen LogP contribution is 2.42. The van der Waals surface area contributed by atoms with Crippen LogP contribution in [0.3, 0.4) is 0 Å². The molecule has 0 aromatic heterocycles. The molecule has 8 heteroatoms. The van der Waals surface area contributed by atoms with Crippen LogP contribution in [0.5, 0.6) is 11.5 Å². The summed E-state index contributed by atoms with van der Waals surface area (Å²) in [6, 6.07) is 1.67. The van der Waals surface area contributed by atoms with Gasteiger partial charge in [-0.1, -0.05) is 22.0 Å². The molecule has 0 saturated heterocycles. The zero-order valence-electron chi connectivity index (χ0n) is 16.5. The minimum Gasteiger partial charge on any atom is -0.496 e. The Balaban J connectivity index is 2.82. The number of nitrogens with zero attached hydrogens (tertiary/aromatic N) is 2. The number of hydrogen-bond acceptors (Lipinski definition) is 8. The molecule has 0 bridgehead atoms. The van der Waals surface area contributed by atoms with Gasteiger partial charge in [0, 0.05) is 18.9 Å². The van der Waals surface area contributed by atoms with Gasteiger partial charge >= 0.3 is 5.97 Å². The summed E-state index contributed by atoms with van der Waals surface area (Å²) in [5, 5.41) is 25.5. The van der Waals surface area contributed by atoms with Gasteiger partial charge in [0.2, 0.25) is 0 Å². The minimum absolute atomic E-state index is 0.197. The fourth-order valence-corrected chi connectivity index (χ4v) is 3.05. The van der Waals surface area contributed by atoms with Crippen LogP contribution in [0.25, 0.3) is 0 Å². The fourth-order valence-electron chi connectivity index (χ4n) is 3.05. The van der Waals surface area contributed by atoms with Crippen LogP contribution in [0.2, 0.25) is 0 Å². The third-order valence-corrected chi connectivity index (χ3v) is 4.22. The molecule has 150 valence electrons. The van der Waals surface area contributed by atoms with Crippen molar-refractivity contribution in [2.24, 2.45) is 10.3 Å². The Morgan fingerprint density at radius 3 is 2.14 bits per heavy atom. The van der Waals surface area contributed by atoms with Crippen LogP contribution in [0, 0.1) is 0 Å². The lowest BCUT2D eigenvalue weighted by Crippen LogP contribution is -2.19. The first kappa shape index (κ1) is 21.0. The summed E-state index contributed by atoms with van der Waals surface area (Å²) in [7, 11) is 2.92. The average molecular weight is 388 g/mol. The van der Waals surface area contributed by atoms with Gasteiger partial charge < -0.3 is 24.6 Å². The molecule has 0 heterocycles. The molecule has 0 fully saturated rings. The first-order valence-corrected chi connectivity index (χ1v) is 8.60. The third-order valence-electron chi connectivity index (χ3n) is 4.22. The van der Waals surface area contributed by atoms with E-state index in [9.17, 15) is 15.2 Å². The highest BCUT2D eigenvalue weighted by molar-refractivity contribution is 6.27. The lowest BCUT2D eigenvalue weighted by molar-refractivity contribution is -0.146. The van der Waals surface area contributed by atoms with Crippen molar-refractivity contribution in [3.8, 4) is 11.5 Å². The maximum atomic E-state index is 11.7. The van der Waals surface area contributed by atoms with Crippen LogP contribution >= 0.6 is 0 Å². The van der Waals surface area contributed by atoms with Crippen molar-refractivity contribution in [1.82, 2.24) is 0 Å². The molecule has 0 amide bonds. The van der Waals surface area contributed by atoms with Crippen LogP contribution in [0.1, 0.15) is 50.0 Å². The summed E-state index contributed by atoms with van der Waals surface area (Å²) >= 11 is 0. The molecule has 1 aromatic carbocycles. The number of hydrogen-bond donors (Lipinski definition) is 2. The number of oxime groups is 2. The maximum Gasteiger partial charge on any atom is 0.303 e. The molecule has 2 N–H and O–H groups in total. The van der Waals surface area contributed by atoms with Crippen LogP contribution in [0.4, 0.5) is 0 Å². The Labute approximate surface area is 163 Å². The van der Waals surface area contributed by atoms with E-state index in [1.54, 1.807) is 6.07 Å². The van der Waals surface area contributed by atoms with Crippen molar-refractivity contribution >= 4 is 17.4 Å². The van der Waals surface area contributed by atoms with Crippen molar-refractivity contribution in [2.45, 2.75) is 33.3 Å². The number of ether oxygens (including phenoxy) is 3. The molecule has 2 rings (SSSR count). The Morgan fingerprint density at radius 2 is 1.68 bits per heavy atom. The molecule has 1 atom stereocenters. The summed E-state index contributed by atoms with van der Waals surface area (Å²) in [6.07, 6.45) is 4.69. The third kappa shape index (κ3) is 4.16. The van der Waals surface area contributed by atoms with Crippen molar-refractivity contribution in [2.75, 3.05) is 14.2 Å². The Morgan fingerprint density at radius 1 is 1.07 bits per heavy atom. The number of carbonyl (C=O) groups excluding carboxylic acids is 1. The van der Waals surface area contributed by atoms with E-state index in [0.29, 0.717) is 34.6 Å². The standard InChI is InChI=1S/C20H24N2O6/c1-11(2)6-9-16(28-12(3)23)13-10-17(26-4)18-14(21-24)7-8-15(22-25)19(18)20(13)27-5/h6-8,10,16,24-25H,9H2,1-5H3/b21-14+,22-15+/t16-/m1/s1. The summed E-state index contributed by atoms with van der Waals surface area (Å²) in [5.74, 6) is 0.250. The highest BCUT2D eigenvalue weighted by atomic mass is 16.5. The number of esters is 1. The number of carbonyl (C=O) groups is 1. The molecule has 0 unspecified atom stereocenters. The van der Waals surface area contributed by atoms with E-state index in [0.717, 1.165) is 5.57 Å². The average Bonchev–Trinajstić information content (AvgIpc) is 2.68. The smallest absolute Gasteiger partial charge is 0.303 e. The Hall–Kier alpha value is -3.29. The molecule has 0 aliphatic heterocycles. The molecule has 1 aromatic rings. The van der Waals surface area contributed by atoms with E-state index in [4.69, 9.17) is 14.2 Å². The molecule has 28 heavy (non-hydrogen) atoms. The molecule has 0 saturated carbocycles. The molecule has 8 nitrogen and oxygen atoms in total. The number of rotatable bonds is 6. The normalized spacial score (nSPS) is 16.5. The van der Waals surface area contributed by atoms with Crippen LogP contribution in [0.15, 0.2) is 40.2 Å². The lowest BCUT2D eigenvalue weighted by Gasteiger charge is -2.25. The van der Waals surface area contributed by atoms with Gasteiger partial charge in [-0.15, -0.1) is 0 Å². The molecule has 1 aliphatic rings. The van der Waals surface area contributed by atoms with Crippen molar-refractivity contribution < 1.29 is 29.4 Å². The van der Waals surface area contributed by atoms with Gasteiger partial charge in [-0.05, 0) is 32.1 Å². The van der Waals surface area contributed by atoms with Gasteiger partial charge in [0.1, 0.15) is 29.0 Å². The van der Waals surface area contributed by atoms with Gasteiger partial charge in [-0.3, -0.25) is 4.79 Å². The van der Waals surface area contributed by atoms with Crippen molar-refractivity contribution in [3.05, 3.63) is 46.6 Å². The number of methoxy groups -OCH3 is 2. The summed E-state index contributed by atoms with van der Waals surface area (Å²) in [5.41, 5.74) is 2.81. The molecule has 0 spiro atoms. The molecule has 1 aliphatic carbocycles. The van der Waals surface area contributed by atoms with Gasteiger partial charge in [0.05, 0.1) is 25.3 Å². The molecule has 0 radical (unpaired) electrons. The quantitative estimate of drug-likeness (QED) is 0.333. The van der Waals surface area contributed by atoms with Gasteiger partial charge in [-0.2, -0.15) is 0 Å². The van der Waals surface area contributed by atoms with Gasteiger partial charge in [0.15, 0.2) is 0 Å². The minimum atomic E-state index is -0.651. The van der Waals surface area contributed by atoms with Crippen LogP contribution in [-0.2, 0) is 9.53 Å². The lowest BCUT2D eigenvalue weighted by atomic mass is 9.88. The summed E-state index contributed by atoms with van der Waals surface area (Å²) < 4.78 is 16.6. The van der Waals surface area contributed by atoms with Crippen LogP contribution < -0.4 is 9.47 Å². The number of benzene rings is 1. The first-order chi connectivity index (χ1) is 13.4. The van der Waals surface area contributed by atoms with E-state index >= 15 is 0 Å². The predicted molar refractivity (Wildman–Crippen MR) is 104 cm³/mol. The summed E-state index contributed by atoms with van der Waals surface area (Å²) in [6.45, 7) is 5.22. The van der Waals surface area contributed by atoms with E-state index in [1.807, 2.05) is 19.9 Å². The molecular weight excluding hydrogens is 364 g/mol. The van der Waals surface area contributed by atoms with E-state index in [1.165, 1.54) is 33.3 Å². The Bertz CT molecular complexity index is 879. The van der Waals surface area contributed by atoms with Crippen LogP contribution in [-0.4, -0.2) is 42.0 Å². The summed E-state index contributed by atoms with van der Waals surface area (Å²) in [4.78, 5) is 11.7. The van der Waals surface area contributed by atoms with Crippen molar-refractivity contribution in [1.29, 1.82) is 0 Å². The fraction of sp³-hybridized carbons (Fsp3) is 0.350. The van der Waals surface area contributed by atoms with Gasteiger partial charge in [0.25, 0.3) is 0 Å². The maximum absolute atomic E-state index is 11.7. The second-order valence-corrected chi connectivity index (χ2v) is 6.37. The second kappa shape index (κ2) is 9.07.